The maximum absolute atomic E-state index is 8.99. The van der Waals surface area contributed by atoms with E-state index in [-0.39, 0.29) is 6.61 Å². The number of rotatable bonds is 5. The predicted octanol–water partition coefficient (Wildman–Crippen LogP) is 2.99. The Morgan fingerprint density at radius 3 is 2.29 bits per heavy atom. The fraction of sp³-hybridized carbons (Fsp3) is 0.600. The third-order valence-corrected chi connectivity index (χ3v) is 3.72. The van der Waals surface area contributed by atoms with E-state index in [1.807, 2.05) is 0 Å². The average Bonchev–Trinajstić information content (AvgIpc) is 2.28. The summed E-state index contributed by atoms with van der Waals surface area (Å²) in [4.78, 5) is 2.24. The number of aliphatic hydroxyl groups excluding tert-OH is 1. The lowest BCUT2D eigenvalue weighted by atomic mass is 9.92. The van der Waals surface area contributed by atoms with Crippen molar-refractivity contribution in [2.75, 3.05) is 20.7 Å². The van der Waals surface area contributed by atoms with Crippen LogP contribution in [0.3, 0.4) is 0 Å². The van der Waals surface area contributed by atoms with Crippen LogP contribution < -0.4 is 0 Å². The van der Waals surface area contributed by atoms with Gasteiger partial charge in [0.2, 0.25) is 0 Å². The molecule has 1 aromatic rings. The summed E-state index contributed by atoms with van der Waals surface area (Å²) < 4.78 is 0. The minimum absolute atomic E-state index is 0.272. The number of nitrogens with zero attached hydrogens (tertiary/aromatic N) is 1. The van der Waals surface area contributed by atoms with Crippen molar-refractivity contribution >= 4 is 0 Å². The molecule has 0 saturated heterocycles. The molecule has 0 fully saturated rings. The summed E-state index contributed by atoms with van der Waals surface area (Å²) >= 11 is 0. The molecule has 0 saturated carbocycles. The van der Waals surface area contributed by atoms with Crippen LogP contribution in [0.25, 0.3) is 0 Å². The summed E-state index contributed by atoms with van der Waals surface area (Å²) in [6, 6.07) is 4.84. The number of aryl methyl sites for hydroxylation is 1. The Balaban J connectivity index is 3.06. The Kier molecular flexibility index (Phi) is 5.16. The first kappa shape index (κ1) is 14.2. The van der Waals surface area contributed by atoms with Gasteiger partial charge in [-0.1, -0.05) is 12.1 Å². The second kappa shape index (κ2) is 6.18. The summed E-state index contributed by atoms with van der Waals surface area (Å²) in [6.07, 6.45) is 1.86. The van der Waals surface area contributed by atoms with Crippen molar-refractivity contribution < 1.29 is 5.11 Å². The van der Waals surface area contributed by atoms with Gasteiger partial charge >= 0.3 is 0 Å². The van der Waals surface area contributed by atoms with E-state index >= 15 is 0 Å². The number of benzene rings is 1. The molecule has 2 heteroatoms. The topological polar surface area (TPSA) is 23.5 Å². The van der Waals surface area contributed by atoms with E-state index in [9.17, 15) is 0 Å². The van der Waals surface area contributed by atoms with E-state index in [1.54, 1.807) is 0 Å². The monoisotopic (exact) mass is 235 g/mol. The van der Waals surface area contributed by atoms with Gasteiger partial charge in [-0.3, -0.25) is 0 Å². The van der Waals surface area contributed by atoms with E-state index in [0.29, 0.717) is 6.04 Å². The Hall–Kier alpha value is -0.860. The average molecular weight is 235 g/mol. The van der Waals surface area contributed by atoms with Gasteiger partial charge in [0.05, 0.1) is 0 Å². The van der Waals surface area contributed by atoms with Gasteiger partial charge in [0.15, 0.2) is 0 Å². The molecule has 0 amide bonds. The van der Waals surface area contributed by atoms with E-state index in [4.69, 9.17) is 5.11 Å². The van der Waals surface area contributed by atoms with Gasteiger partial charge in [0, 0.05) is 12.6 Å². The molecular weight excluding hydrogens is 210 g/mol. The highest BCUT2D eigenvalue weighted by molar-refractivity contribution is 5.40. The SMILES string of the molecule is Cc1ccc(C(CCCO)N(C)C)c(C)c1C. The van der Waals surface area contributed by atoms with Crippen LogP contribution in [-0.2, 0) is 0 Å². The fourth-order valence-corrected chi connectivity index (χ4v) is 2.31. The van der Waals surface area contributed by atoms with E-state index < -0.39 is 0 Å². The van der Waals surface area contributed by atoms with E-state index in [2.05, 4.69) is 51.9 Å². The highest BCUT2D eigenvalue weighted by Crippen LogP contribution is 2.29. The Bertz CT molecular complexity index is 371. The predicted molar refractivity (Wildman–Crippen MR) is 73.4 cm³/mol. The molecule has 1 rings (SSSR count). The van der Waals surface area contributed by atoms with Crippen LogP contribution in [0.1, 0.15) is 41.1 Å². The van der Waals surface area contributed by atoms with Gasteiger partial charge in [-0.2, -0.15) is 0 Å². The molecule has 0 aliphatic carbocycles. The van der Waals surface area contributed by atoms with Crippen molar-refractivity contribution in [3.05, 3.63) is 34.4 Å². The summed E-state index contributed by atoms with van der Waals surface area (Å²) in [7, 11) is 4.22. The van der Waals surface area contributed by atoms with Gasteiger partial charge < -0.3 is 10.0 Å². The Labute approximate surface area is 105 Å². The van der Waals surface area contributed by atoms with Crippen molar-refractivity contribution in [1.29, 1.82) is 0 Å². The summed E-state index contributed by atoms with van der Waals surface area (Å²) in [5, 5.41) is 8.99. The maximum Gasteiger partial charge on any atom is 0.0431 e. The number of hydrogen-bond acceptors (Lipinski definition) is 2. The van der Waals surface area contributed by atoms with Gasteiger partial charge in [-0.05, 0) is 70.0 Å². The van der Waals surface area contributed by atoms with Crippen molar-refractivity contribution in [3.8, 4) is 0 Å². The minimum Gasteiger partial charge on any atom is -0.396 e. The third kappa shape index (κ3) is 3.30. The van der Waals surface area contributed by atoms with Crippen molar-refractivity contribution in [2.24, 2.45) is 0 Å². The lowest BCUT2D eigenvalue weighted by Crippen LogP contribution is -2.21. The molecular formula is C15H25NO. The molecule has 2 nitrogen and oxygen atoms in total. The summed E-state index contributed by atoms with van der Waals surface area (Å²) in [6.45, 7) is 6.82. The quantitative estimate of drug-likeness (QED) is 0.848. The standard InChI is InChI=1S/C15H25NO/c1-11-8-9-14(13(3)12(11)2)15(16(4)5)7-6-10-17/h8-9,15,17H,6-7,10H2,1-5H3. The molecule has 1 unspecified atom stereocenters. The zero-order chi connectivity index (χ0) is 13.0. The molecule has 96 valence electrons. The Morgan fingerprint density at radius 2 is 1.76 bits per heavy atom. The maximum atomic E-state index is 8.99. The smallest absolute Gasteiger partial charge is 0.0431 e. The van der Waals surface area contributed by atoms with Crippen LogP contribution in [0.2, 0.25) is 0 Å². The lowest BCUT2D eigenvalue weighted by Gasteiger charge is -2.27. The molecule has 0 heterocycles. The van der Waals surface area contributed by atoms with E-state index in [1.165, 1.54) is 22.3 Å². The zero-order valence-electron chi connectivity index (χ0n) is 11.7. The van der Waals surface area contributed by atoms with Gasteiger partial charge in [-0.25, -0.2) is 0 Å². The van der Waals surface area contributed by atoms with Crippen LogP contribution in [0.15, 0.2) is 12.1 Å². The van der Waals surface area contributed by atoms with Crippen LogP contribution in [0.4, 0.5) is 0 Å². The van der Waals surface area contributed by atoms with Crippen molar-refractivity contribution in [2.45, 2.75) is 39.7 Å². The molecule has 0 radical (unpaired) electrons. The van der Waals surface area contributed by atoms with Crippen molar-refractivity contribution in [1.82, 2.24) is 4.90 Å². The normalized spacial score (nSPS) is 13.1. The lowest BCUT2D eigenvalue weighted by molar-refractivity contribution is 0.235. The van der Waals surface area contributed by atoms with Crippen LogP contribution in [0, 0.1) is 20.8 Å². The highest BCUT2D eigenvalue weighted by atomic mass is 16.2. The zero-order valence-corrected chi connectivity index (χ0v) is 11.7. The highest BCUT2D eigenvalue weighted by Gasteiger charge is 2.17. The molecule has 0 aliphatic rings. The summed E-state index contributed by atoms with van der Waals surface area (Å²) in [5.41, 5.74) is 5.53. The molecule has 1 N–H and O–H groups in total. The molecule has 0 spiro atoms. The molecule has 1 atom stereocenters. The van der Waals surface area contributed by atoms with Gasteiger partial charge in [-0.15, -0.1) is 0 Å². The summed E-state index contributed by atoms with van der Waals surface area (Å²) in [5.74, 6) is 0. The van der Waals surface area contributed by atoms with Crippen LogP contribution >= 0.6 is 0 Å². The largest absolute Gasteiger partial charge is 0.396 e. The molecule has 17 heavy (non-hydrogen) atoms. The van der Waals surface area contributed by atoms with Crippen LogP contribution in [-0.4, -0.2) is 30.7 Å². The fourth-order valence-electron chi connectivity index (χ4n) is 2.31. The molecule has 0 aliphatic heterocycles. The molecule has 1 aromatic carbocycles. The van der Waals surface area contributed by atoms with Crippen LogP contribution in [0.5, 0.6) is 0 Å². The van der Waals surface area contributed by atoms with Gasteiger partial charge in [0.25, 0.3) is 0 Å². The second-order valence-electron chi connectivity index (χ2n) is 5.07. The van der Waals surface area contributed by atoms with E-state index in [0.717, 1.165) is 12.8 Å². The minimum atomic E-state index is 0.272. The van der Waals surface area contributed by atoms with Gasteiger partial charge in [0.1, 0.15) is 0 Å². The Morgan fingerprint density at radius 1 is 1.12 bits per heavy atom. The first-order valence-electron chi connectivity index (χ1n) is 6.33. The number of hydrogen-bond donors (Lipinski definition) is 1. The molecule has 0 aromatic heterocycles. The first-order valence-corrected chi connectivity index (χ1v) is 6.33. The second-order valence-corrected chi connectivity index (χ2v) is 5.07. The van der Waals surface area contributed by atoms with Crippen molar-refractivity contribution in [3.63, 3.8) is 0 Å². The first-order chi connectivity index (χ1) is 7.99. The third-order valence-electron chi connectivity index (χ3n) is 3.72. The number of aliphatic hydroxyl groups is 1. The molecule has 0 bridgehead atoms.